The van der Waals surface area contributed by atoms with Crippen molar-refractivity contribution in [2.45, 2.75) is 13.3 Å². The van der Waals surface area contributed by atoms with Crippen molar-refractivity contribution in [2.24, 2.45) is 0 Å². The van der Waals surface area contributed by atoms with Crippen molar-refractivity contribution in [3.8, 4) is 5.69 Å². The van der Waals surface area contributed by atoms with Crippen LogP contribution in [0, 0.1) is 12.7 Å². The van der Waals surface area contributed by atoms with Gasteiger partial charge in [0.25, 0.3) is 5.91 Å². The molecule has 1 aromatic heterocycles. The Labute approximate surface area is 129 Å². The van der Waals surface area contributed by atoms with Crippen LogP contribution in [-0.4, -0.2) is 47.8 Å². The fraction of sp³-hybridized carbons (Fsp3) is 0.375. The van der Waals surface area contributed by atoms with Gasteiger partial charge in [-0.15, -0.1) is 0 Å². The number of nitrogens with one attached hydrogen (secondary N) is 1. The van der Waals surface area contributed by atoms with E-state index in [0.717, 1.165) is 24.3 Å². The van der Waals surface area contributed by atoms with Crippen LogP contribution >= 0.6 is 0 Å². The van der Waals surface area contributed by atoms with Gasteiger partial charge in [0.05, 0.1) is 23.1 Å². The molecule has 0 radical (unpaired) electrons. The first-order chi connectivity index (χ1) is 10.5. The third-order valence-electron chi connectivity index (χ3n) is 3.39. The van der Waals surface area contributed by atoms with E-state index in [1.54, 1.807) is 23.0 Å². The molecule has 5 nitrogen and oxygen atoms in total. The summed E-state index contributed by atoms with van der Waals surface area (Å²) in [6, 6.07) is 6.01. The summed E-state index contributed by atoms with van der Waals surface area (Å²) in [6.07, 6.45) is 2.43. The summed E-state index contributed by atoms with van der Waals surface area (Å²) in [6.45, 7) is 3.37. The molecule has 2 aromatic rings. The molecule has 0 spiro atoms. The highest BCUT2D eigenvalue weighted by atomic mass is 19.1. The summed E-state index contributed by atoms with van der Waals surface area (Å²) in [4.78, 5) is 14.2. The van der Waals surface area contributed by atoms with E-state index >= 15 is 0 Å². The summed E-state index contributed by atoms with van der Waals surface area (Å²) >= 11 is 0. The second-order valence-electron chi connectivity index (χ2n) is 5.44. The van der Waals surface area contributed by atoms with E-state index in [9.17, 15) is 9.18 Å². The number of nitrogens with zero attached hydrogens (tertiary/aromatic N) is 3. The minimum absolute atomic E-state index is 0.135. The second kappa shape index (κ2) is 7.17. The molecule has 1 amide bonds. The molecule has 0 saturated heterocycles. The zero-order valence-corrected chi connectivity index (χ0v) is 13.1. The highest BCUT2D eigenvalue weighted by Gasteiger charge is 2.14. The first-order valence-corrected chi connectivity index (χ1v) is 7.22. The minimum atomic E-state index is -0.299. The number of aromatic nitrogens is 2. The molecule has 1 aromatic carbocycles. The van der Waals surface area contributed by atoms with Crippen molar-refractivity contribution in [1.82, 2.24) is 20.0 Å². The van der Waals surface area contributed by atoms with E-state index in [0.29, 0.717) is 12.1 Å². The van der Waals surface area contributed by atoms with E-state index in [1.807, 2.05) is 21.0 Å². The number of carbonyl (C=O) groups is 1. The Kier molecular flexibility index (Phi) is 5.27. The van der Waals surface area contributed by atoms with Crippen molar-refractivity contribution in [3.05, 3.63) is 47.5 Å². The number of hydrogen-bond acceptors (Lipinski definition) is 3. The predicted octanol–water partition coefficient (Wildman–Crippen LogP) is 2.00. The Hall–Kier alpha value is -2.21. The molecule has 0 aliphatic rings. The first kappa shape index (κ1) is 16.2. The van der Waals surface area contributed by atoms with Gasteiger partial charge >= 0.3 is 0 Å². The van der Waals surface area contributed by atoms with Gasteiger partial charge in [-0.3, -0.25) is 4.79 Å². The van der Waals surface area contributed by atoms with Crippen LogP contribution in [0.3, 0.4) is 0 Å². The largest absolute Gasteiger partial charge is 0.352 e. The molecule has 6 heteroatoms. The number of rotatable bonds is 6. The maximum Gasteiger partial charge on any atom is 0.254 e. The average molecular weight is 304 g/mol. The van der Waals surface area contributed by atoms with Crippen LogP contribution in [-0.2, 0) is 0 Å². The van der Waals surface area contributed by atoms with Crippen molar-refractivity contribution in [3.63, 3.8) is 0 Å². The number of carbonyl (C=O) groups excluding carboxylic acids is 1. The average Bonchev–Trinajstić information content (AvgIpc) is 2.86. The summed E-state index contributed by atoms with van der Waals surface area (Å²) in [5.74, 6) is -0.433. The van der Waals surface area contributed by atoms with E-state index in [4.69, 9.17) is 0 Å². The fourth-order valence-corrected chi connectivity index (χ4v) is 2.17. The molecule has 0 fully saturated rings. The lowest BCUT2D eigenvalue weighted by atomic mass is 10.2. The van der Waals surface area contributed by atoms with Crippen molar-refractivity contribution in [2.75, 3.05) is 27.2 Å². The Bertz CT molecular complexity index is 634. The number of hydrogen-bond donors (Lipinski definition) is 1. The molecule has 1 N–H and O–H groups in total. The molecule has 2 rings (SSSR count). The third-order valence-corrected chi connectivity index (χ3v) is 3.39. The van der Waals surface area contributed by atoms with Gasteiger partial charge in [0.1, 0.15) is 5.82 Å². The van der Waals surface area contributed by atoms with Crippen molar-refractivity contribution in [1.29, 1.82) is 0 Å². The Morgan fingerprint density at radius 3 is 2.64 bits per heavy atom. The normalized spacial score (nSPS) is 11.0. The van der Waals surface area contributed by atoms with Gasteiger partial charge in [-0.05, 0) is 58.3 Å². The van der Waals surface area contributed by atoms with E-state index < -0.39 is 0 Å². The van der Waals surface area contributed by atoms with E-state index in [2.05, 4.69) is 15.3 Å². The Morgan fingerprint density at radius 1 is 1.32 bits per heavy atom. The molecule has 0 unspecified atom stereocenters. The highest BCUT2D eigenvalue weighted by Crippen LogP contribution is 2.14. The molecule has 22 heavy (non-hydrogen) atoms. The minimum Gasteiger partial charge on any atom is -0.352 e. The standard InChI is InChI=1S/C16H21FN4O/c1-12-15(16(22)18-9-4-10-20(2)3)11-19-21(12)14-7-5-13(17)6-8-14/h5-8,11H,4,9-10H2,1-3H3,(H,18,22). The van der Waals surface area contributed by atoms with Crippen LogP contribution in [0.1, 0.15) is 22.5 Å². The molecule has 0 aliphatic heterocycles. The molecule has 0 aliphatic carbocycles. The molecule has 0 saturated carbocycles. The Morgan fingerprint density at radius 2 is 2.00 bits per heavy atom. The monoisotopic (exact) mass is 304 g/mol. The smallest absolute Gasteiger partial charge is 0.254 e. The lowest BCUT2D eigenvalue weighted by Crippen LogP contribution is -2.27. The Balaban J connectivity index is 2.04. The van der Waals surface area contributed by atoms with Crippen molar-refractivity contribution < 1.29 is 9.18 Å². The summed E-state index contributed by atoms with van der Waals surface area (Å²) in [7, 11) is 4.00. The predicted molar refractivity (Wildman–Crippen MR) is 83.8 cm³/mol. The lowest BCUT2D eigenvalue weighted by Gasteiger charge is -2.10. The van der Waals surface area contributed by atoms with E-state index in [-0.39, 0.29) is 11.7 Å². The van der Waals surface area contributed by atoms with Crippen molar-refractivity contribution >= 4 is 5.91 Å². The van der Waals surface area contributed by atoms with Crippen LogP contribution in [0.25, 0.3) is 5.69 Å². The summed E-state index contributed by atoms with van der Waals surface area (Å²) in [5.41, 5.74) is 2.00. The van der Waals surface area contributed by atoms with Gasteiger partial charge < -0.3 is 10.2 Å². The van der Waals surface area contributed by atoms with Crippen LogP contribution in [0.15, 0.2) is 30.5 Å². The molecule has 1 heterocycles. The maximum atomic E-state index is 13.0. The summed E-state index contributed by atoms with van der Waals surface area (Å²) in [5, 5.41) is 7.11. The molecular weight excluding hydrogens is 283 g/mol. The number of benzene rings is 1. The molecule has 0 bridgehead atoms. The summed E-state index contributed by atoms with van der Waals surface area (Å²) < 4.78 is 14.6. The zero-order valence-electron chi connectivity index (χ0n) is 13.1. The zero-order chi connectivity index (χ0) is 16.1. The number of amides is 1. The molecule has 118 valence electrons. The number of halogens is 1. The quantitative estimate of drug-likeness (QED) is 0.831. The fourth-order valence-electron chi connectivity index (χ4n) is 2.17. The van der Waals surface area contributed by atoms with Crippen LogP contribution in [0.5, 0.6) is 0 Å². The molecular formula is C16H21FN4O. The van der Waals surface area contributed by atoms with Gasteiger partial charge in [-0.25, -0.2) is 9.07 Å². The van der Waals surface area contributed by atoms with Gasteiger partial charge in [0.2, 0.25) is 0 Å². The SMILES string of the molecule is Cc1c(C(=O)NCCCN(C)C)cnn1-c1ccc(F)cc1. The van der Waals surface area contributed by atoms with E-state index in [1.165, 1.54) is 12.1 Å². The van der Waals surface area contributed by atoms with Gasteiger partial charge in [0.15, 0.2) is 0 Å². The topological polar surface area (TPSA) is 50.2 Å². The second-order valence-corrected chi connectivity index (χ2v) is 5.44. The van der Waals surface area contributed by atoms with Gasteiger partial charge in [0, 0.05) is 6.54 Å². The van der Waals surface area contributed by atoms with Crippen LogP contribution in [0.2, 0.25) is 0 Å². The molecule has 0 atom stereocenters. The highest BCUT2D eigenvalue weighted by molar-refractivity contribution is 5.95. The first-order valence-electron chi connectivity index (χ1n) is 7.22. The van der Waals surface area contributed by atoms with Crippen LogP contribution in [0.4, 0.5) is 4.39 Å². The maximum absolute atomic E-state index is 13.0. The van der Waals surface area contributed by atoms with Gasteiger partial charge in [-0.1, -0.05) is 0 Å². The van der Waals surface area contributed by atoms with Gasteiger partial charge in [-0.2, -0.15) is 5.10 Å². The van der Waals surface area contributed by atoms with Crippen LogP contribution < -0.4 is 5.32 Å². The third kappa shape index (κ3) is 3.92. The lowest BCUT2D eigenvalue weighted by molar-refractivity contribution is 0.0951.